The molecule has 0 spiro atoms. The molecule has 2 nitrogen and oxygen atoms in total. The van der Waals surface area contributed by atoms with E-state index in [1.54, 1.807) is 0 Å². The number of nitrogens with zero attached hydrogens (tertiary/aromatic N) is 1. The molecule has 2 aromatic rings. The first kappa shape index (κ1) is 14.3. The predicted octanol–water partition coefficient (Wildman–Crippen LogP) is 4.56. The summed E-state index contributed by atoms with van der Waals surface area (Å²) >= 11 is 6.21. The summed E-state index contributed by atoms with van der Waals surface area (Å²) in [5.41, 5.74) is 2.34. The molecule has 0 fully saturated rings. The van der Waals surface area contributed by atoms with E-state index in [-0.39, 0.29) is 5.54 Å². The van der Waals surface area contributed by atoms with Crippen LogP contribution < -0.4 is 5.32 Å². The Morgan fingerprint density at radius 3 is 2.79 bits per heavy atom. The van der Waals surface area contributed by atoms with Crippen LogP contribution in [-0.2, 0) is 6.54 Å². The molecule has 1 aromatic heterocycles. The number of rotatable bonds is 5. The van der Waals surface area contributed by atoms with Crippen molar-refractivity contribution in [3.63, 3.8) is 0 Å². The number of hydrogen-bond donors (Lipinski definition) is 1. The largest absolute Gasteiger partial charge is 0.308 e. The molecule has 1 N–H and O–H groups in total. The minimum absolute atomic E-state index is 0.148. The van der Waals surface area contributed by atoms with E-state index < -0.39 is 0 Å². The fourth-order valence-corrected chi connectivity index (χ4v) is 2.60. The fourth-order valence-electron chi connectivity index (χ4n) is 2.39. The molecule has 102 valence electrons. The maximum atomic E-state index is 6.21. The maximum absolute atomic E-state index is 6.21. The fraction of sp³-hybridized carbons (Fsp3) is 0.438. The summed E-state index contributed by atoms with van der Waals surface area (Å²) in [6.45, 7) is 7.50. The van der Waals surface area contributed by atoms with Crippen LogP contribution in [0.5, 0.6) is 0 Å². The van der Waals surface area contributed by atoms with Crippen molar-refractivity contribution in [3.05, 3.63) is 41.0 Å². The second-order valence-corrected chi connectivity index (χ2v) is 6.00. The van der Waals surface area contributed by atoms with Crippen LogP contribution in [-0.4, -0.2) is 10.5 Å². The van der Waals surface area contributed by atoms with Crippen LogP contribution in [0.1, 0.15) is 39.2 Å². The topological polar surface area (TPSA) is 24.9 Å². The first-order chi connectivity index (χ1) is 9.03. The summed E-state index contributed by atoms with van der Waals surface area (Å²) in [6.07, 6.45) is 4.16. The minimum atomic E-state index is 0.148. The SMILES string of the molecule is CCCC(C)(C)NCc1ccc(Cl)c2cccnc12. The lowest BCUT2D eigenvalue weighted by atomic mass is 9.98. The zero-order chi connectivity index (χ0) is 13.9. The van der Waals surface area contributed by atoms with E-state index in [0.717, 1.165) is 28.9 Å². The van der Waals surface area contributed by atoms with Gasteiger partial charge in [-0.2, -0.15) is 0 Å². The first-order valence-electron chi connectivity index (χ1n) is 6.80. The smallest absolute Gasteiger partial charge is 0.0761 e. The van der Waals surface area contributed by atoms with Gasteiger partial charge < -0.3 is 5.32 Å². The minimum Gasteiger partial charge on any atom is -0.308 e. The predicted molar refractivity (Wildman–Crippen MR) is 82.6 cm³/mol. The average Bonchev–Trinajstić information content (AvgIpc) is 2.38. The Hall–Kier alpha value is -1.12. The molecular weight excluding hydrogens is 256 g/mol. The summed E-state index contributed by atoms with van der Waals surface area (Å²) < 4.78 is 0. The first-order valence-corrected chi connectivity index (χ1v) is 7.18. The standard InChI is InChI=1S/C16H21ClN2/c1-4-9-16(2,3)19-11-12-7-8-14(17)13-6-5-10-18-15(12)13/h5-8,10,19H,4,9,11H2,1-3H3. The number of hydrogen-bond acceptors (Lipinski definition) is 2. The number of pyridine rings is 1. The molecule has 1 heterocycles. The van der Waals surface area contributed by atoms with Crippen molar-refractivity contribution >= 4 is 22.5 Å². The number of aromatic nitrogens is 1. The van der Waals surface area contributed by atoms with Gasteiger partial charge in [-0.05, 0) is 44.0 Å². The molecule has 0 atom stereocenters. The van der Waals surface area contributed by atoms with E-state index >= 15 is 0 Å². The van der Waals surface area contributed by atoms with Gasteiger partial charge in [0.2, 0.25) is 0 Å². The normalized spacial score (nSPS) is 12.0. The summed E-state index contributed by atoms with van der Waals surface area (Å²) in [5.74, 6) is 0. The highest BCUT2D eigenvalue weighted by molar-refractivity contribution is 6.35. The van der Waals surface area contributed by atoms with E-state index in [2.05, 4.69) is 37.1 Å². The van der Waals surface area contributed by atoms with Gasteiger partial charge in [0.15, 0.2) is 0 Å². The molecule has 2 rings (SSSR count). The summed E-state index contributed by atoms with van der Waals surface area (Å²) in [4.78, 5) is 4.46. The monoisotopic (exact) mass is 276 g/mol. The van der Waals surface area contributed by atoms with Gasteiger partial charge in [-0.15, -0.1) is 0 Å². The van der Waals surface area contributed by atoms with Gasteiger partial charge in [0.1, 0.15) is 0 Å². The zero-order valence-electron chi connectivity index (χ0n) is 11.8. The third kappa shape index (κ3) is 3.46. The average molecular weight is 277 g/mol. The molecule has 3 heteroatoms. The van der Waals surface area contributed by atoms with Gasteiger partial charge >= 0.3 is 0 Å². The van der Waals surface area contributed by atoms with Crippen molar-refractivity contribution < 1.29 is 0 Å². The number of fused-ring (bicyclic) bond motifs is 1. The van der Waals surface area contributed by atoms with Crippen molar-refractivity contribution in [2.45, 2.75) is 45.7 Å². The molecule has 0 aliphatic carbocycles. The van der Waals surface area contributed by atoms with Crippen molar-refractivity contribution in [2.75, 3.05) is 0 Å². The number of halogens is 1. The van der Waals surface area contributed by atoms with Crippen LogP contribution in [0.15, 0.2) is 30.5 Å². The maximum Gasteiger partial charge on any atom is 0.0761 e. The van der Waals surface area contributed by atoms with Crippen molar-refractivity contribution in [1.29, 1.82) is 0 Å². The van der Waals surface area contributed by atoms with Crippen LogP contribution in [0.4, 0.5) is 0 Å². The highest BCUT2D eigenvalue weighted by Gasteiger charge is 2.16. The molecule has 19 heavy (non-hydrogen) atoms. The van der Waals surface area contributed by atoms with E-state index in [9.17, 15) is 0 Å². The molecule has 0 amide bonds. The summed E-state index contributed by atoms with van der Waals surface area (Å²) in [5, 5.41) is 5.39. The number of nitrogens with one attached hydrogen (secondary N) is 1. The zero-order valence-corrected chi connectivity index (χ0v) is 12.6. The van der Waals surface area contributed by atoms with Gasteiger partial charge in [0, 0.05) is 28.7 Å². The third-order valence-electron chi connectivity index (χ3n) is 3.43. The Morgan fingerprint density at radius 2 is 2.05 bits per heavy atom. The molecule has 0 radical (unpaired) electrons. The summed E-state index contributed by atoms with van der Waals surface area (Å²) in [6, 6.07) is 7.96. The second-order valence-electron chi connectivity index (χ2n) is 5.59. The van der Waals surface area contributed by atoms with Gasteiger partial charge in [-0.1, -0.05) is 31.0 Å². The van der Waals surface area contributed by atoms with E-state index in [0.29, 0.717) is 0 Å². The Balaban J connectivity index is 2.24. The van der Waals surface area contributed by atoms with Crippen LogP contribution in [0.3, 0.4) is 0 Å². The Morgan fingerprint density at radius 1 is 1.26 bits per heavy atom. The Bertz CT molecular complexity index is 564. The van der Waals surface area contributed by atoms with E-state index in [4.69, 9.17) is 11.6 Å². The molecule has 0 aliphatic heterocycles. The van der Waals surface area contributed by atoms with Crippen molar-refractivity contribution in [2.24, 2.45) is 0 Å². The Kier molecular flexibility index (Phi) is 4.43. The highest BCUT2D eigenvalue weighted by Crippen LogP contribution is 2.25. The molecule has 0 saturated heterocycles. The van der Waals surface area contributed by atoms with Crippen LogP contribution in [0, 0.1) is 0 Å². The van der Waals surface area contributed by atoms with Gasteiger partial charge in [-0.3, -0.25) is 4.98 Å². The third-order valence-corrected chi connectivity index (χ3v) is 3.76. The molecule has 0 aliphatic rings. The quantitative estimate of drug-likeness (QED) is 0.866. The van der Waals surface area contributed by atoms with Crippen LogP contribution >= 0.6 is 11.6 Å². The van der Waals surface area contributed by atoms with Gasteiger partial charge in [-0.25, -0.2) is 0 Å². The molecule has 0 bridgehead atoms. The summed E-state index contributed by atoms with van der Waals surface area (Å²) in [7, 11) is 0. The van der Waals surface area contributed by atoms with E-state index in [1.807, 2.05) is 24.4 Å². The van der Waals surface area contributed by atoms with Crippen LogP contribution in [0.2, 0.25) is 5.02 Å². The van der Waals surface area contributed by atoms with Gasteiger partial charge in [0.05, 0.1) is 5.52 Å². The molecule has 0 saturated carbocycles. The van der Waals surface area contributed by atoms with Crippen LogP contribution in [0.25, 0.3) is 10.9 Å². The van der Waals surface area contributed by atoms with Crippen molar-refractivity contribution in [3.8, 4) is 0 Å². The number of benzene rings is 1. The highest BCUT2D eigenvalue weighted by atomic mass is 35.5. The second kappa shape index (κ2) is 5.89. The lowest BCUT2D eigenvalue weighted by Crippen LogP contribution is -2.38. The molecule has 0 unspecified atom stereocenters. The molecule has 1 aromatic carbocycles. The lowest BCUT2D eigenvalue weighted by Gasteiger charge is -2.26. The Labute approximate surface area is 120 Å². The van der Waals surface area contributed by atoms with Gasteiger partial charge in [0.25, 0.3) is 0 Å². The lowest BCUT2D eigenvalue weighted by molar-refractivity contribution is 0.357. The van der Waals surface area contributed by atoms with E-state index in [1.165, 1.54) is 12.0 Å². The molecular formula is C16H21ClN2. The van der Waals surface area contributed by atoms with Crippen molar-refractivity contribution in [1.82, 2.24) is 10.3 Å².